The quantitative estimate of drug-likeness (QED) is 0.240. The van der Waals surface area contributed by atoms with Crippen molar-refractivity contribution >= 4 is 40.0 Å². The van der Waals surface area contributed by atoms with Crippen LogP contribution in [-0.4, -0.2) is 79.4 Å². The molecule has 49 heavy (non-hydrogen) atoms. The van der Waals surface area contributed by atoms with E-state index in [2.05, 4.69) is 37.2 Å². The molecule has 3 aliphatic heterocycles. The van der Waals surface area contributed by atoms with Crippen LogP contribution in [0.15, 0.2) is 42.7 Å². The second kappa shape index (κ2) is 12.2. The number of piperidine rings is 2. The fourth-order valence-corrected chi connectivity index (χ4v) is 8.47. The minimum Gasteiger partial charge on any atom is -0.343 e. The molecule has 1 aromatic carbocycles. The summed E-state index contributed by atoms with van der Waals surface area (Å²) in [5.74, 6) is -1.32. The number of anilines is 3. The van der Waals surface area contributed by atoms with Gasteiger partial charge < -0.3 is 24.6 Å². The number of nitrogens with one attached hydrogen (secondary N) is 1. The van der Waals surface area contributed by atoms with E-state index in [9.17, 15) is 18.4 Å². The molecule has 2 saturated heterocycles. The van der Waals surface area contributed by atoms with Crippen molar-refractivity contribution < 1.29 is 18.4 Å². The number of halogens is 2. The third kappa shape index (κ3) is 5.35. The number of hydrogen-bond acceptors (Lipinski definition) is 7. The lowest BCUT2D eigenvalue weighted by Crippen LogP contribution is -2.58. The fourth-order valence-electron chi connectivity index (χ4n) is 8.47. The summed E-state index contributed by atoms with van der Waals surface area (Å²) in [4.78, 5) is 46.4. The summed E-state index contributed by atoms with van der Waals surface area (Å²) in [5, 5.41) is 3.06. The van der Waals surface area contributed by atoms with Crippen molar-refractivity contribution in [2.24, 2.45) is 0 Å². The Balaban J connectivity index is 1.19. The predicted molar refractivity (Wildman–Crippen MR) is 184 cm³/mol. The maximum atomic E-state index is 14.8. The summed E-state index contributed by atoms with van der Waals surface area (Å²) in [6.07, 6.45) is 8.59. The Morgan fingerprint density at radius 3 is 2.41 bits per heavy atom. The van der Waals surface area contributed by atoms with Crippen molar-refractivity contribution in [2.45, 2.75) is 89.3 Å². The highest BCUT2D eigenvalue weighted by Gasteiger charge is 2.55. The van der Waals surface area contributed by atoms with Crippen LogP contribution in [0.4, 0.5) is 26.0 Å². The van der Waals surface area contributed by atoms with Crippen LogP contribution in [0.25, 0.3) is 22.3 Å². The molecule has 0 bridgehead atoms. The molecule has 2 amide bonds. The first-order valence-electron chi connectivity index (χ1n) is 17.6. The van der Waals surface area contributed by atoms with Crippen LogP contribution in [0.5, 0.6) is 0 Å². The zero-order valence-corrected chi connectivity index (χ0v) is 28.3. The first-order chi connectivity index (χ1) is 23.6. The number of aromatic nitrogens is 4. The minimum atomic E-state index is -0.966. The summed E-state index contributed by atoms with van der Waals surface area (Å²) in [7, 11) is 0. The van der Waals surface area contributed by atoms with Gasteiger partial charge in [-0.3, -0.25) is 9.59 Å². The Kier molecular flexibility index (Phi) is 7.89. The molecule has 1 saturated carbocycles. The van der Waals surface area contributed by atoms with Crippen LogP contribution in [-0.2, 0) is 15.0 Å². The number of hydrogen-bond donors (Lipinski definition) is 1. The molecule has 3 aromatic heterocycles. The zero-order valence-electron chi connectivity index (χ0n) is 28.3. The van der Waals surface area contributed by atoms with Crippen LogP contribution in [0.2, 0.25) is 0 Å². The molecule has 8 rings (SSSR count). The maximum Gasteiger partial charge on any atom is 0.239 e. The molecule has 1 N–H and O–H groups in total. The molecule has 0 atom stereocenters. The van der Waals surface area contributed by atoms with Crippen molar-refractivity contribution in [1.82, 2.24) is 29.3 Å². The Hall–Kier alpha value is -4.45. The number of pyridine rings is 2. The first-order valence-corrected chi connectivity index (χ1v) is 17.6. The van der Waals surface area contributed by atoms with Crippen molar-refractivity contribution in [3.05, 3.63) is 60.2 Å². The molecule has 4 aliphatic rings. The lowest BCUT2D eigenvalue weighted by Gasteiger charge is -2.48. The van der Waals surface area contributed by atoms with E-state index >= 15 is 0 Å². The van der Waals surface area contributed by atoms with Crippen LogP contribution in [0, 0.1) is 11.9 Å². The molecular weight excluding hydrogens is 626 g/mol. The molecule has 256 valence electrons. The Labute approximate surface area is 284 Å². The van der Waals surface area contributed by atoms with Gasteiger partial charge in [0.2, 0.25) is 23.7 Å². The lowest BCUT2D eigenvalue weighted by molar-refractivity contribution is -0.134. The van der Waals surface area contributed by atoms with E-state index < -0.39 is 17.3 Å². The Bertz CT molecular complexity index is 1940. The molecule has 10 nitrogen and oxygen atoms in total. The van der Waals surface area contributed by atoms with E-state index in [0.717, 1.165) is 48.8 Å². The van der Waals surface area contributed by atoms with Gasteiger partial charge in [0.15, 0.2) is 5.82 Å². The Morgan fingerprint density at radius 1 is 0.959 bits per heavy atom. The van der Waals surface area contributed by atoms with E-state index in [1.54, 1.807) is 13.3 Å². The number of benzene rings is 1. The number of carbonyl (C=O) groups excluding carboxylic acids is 2. The molecule has 4 aromatic rings. The molecular formula is C37H42F2N8O2. The average molecular weight is 669 g/mol. The summed E-state index contributed by atoms with van der Waals surface area (Å²) < 4.78 is 30.4. The highest BCUT2D eigenvalue weighted by molar-refractivity contribution is 6.09. The van der Waals surface area contributed by atoms with E-state index in [-0.39, 0.29) is 29.6 Å². The van der Waals surface area contributed by atoms with E-state index in [1.807, 2.05) is 35.4 Å². The molecule has 0 unspecified atom stereocenters. The fraction of sp³-hybridized carbons (Fsp3) is 0.486. The van der Waals surface area contributed by atoms with Gasteiger partial charge in [0, 0.05) is 49.4 Å². The van der Waals surface area contributed by atoms with Crippen LogP contribution in [0.1, 0.15) is 77.3 Å². The second-order valence-electron chi connectivity index (χ2n) is 14.4. The summed E-state index contributed by atoms with van der Waals surface area (Å²) in [6, 6.07) is 11.1. The van der Waals surface area contributed by atoms with E-state index in [4.69, 9.17) is 4.98 Å². The molecule has 6 heterocycles. The molecule has 0 radical (unpaired) electrons. The van der Waals surface area contributed by atoms with Gasteiger partial charge in [0.1, 0.15) is 5.52 Å². The largest absolute Gasteiger partial charge is 0.343 e. The van der Waals surface area contributed by atoms with Crippen molar-refractivity contribution in [3.63, 3.8) is 0 Å². The highest BCUT2D eigenvalue weighted by atomic mass is 19.1. The minimum absolute atomic E-state index is 0.00155. The van der Waals surface area contributed by atoms with E-state index in [0.29, 0.717) is 54.5 Å². The third-order valence-corrected chi connectivity index (χ3v) is 11.3. The lowest BCUT2D eigenvalue weighted by atomic mass is 9.73. The normalized spacial score (nSPS) is 22.2. The van der Waals surface area contributed by atoms with Gasteiger partial charge in [-0.15, -0.1) is 0 Å². The molecule has 3 fully saturated rings. The second-order valence-corrected chi connectivity index (χ2v) is 14.4. The van der Waals surface area contributed by atoms with Crippen molar-refractivity contribution in [1.29, 1.82) is 0 Å². The van der Waals surface area contributed by atoms with Crippen LogP contribution >= 0.6 is 0 Å². The first kappa shape index (κ1) is 31.8. The monoisotopic (exact) mass is 668 g/mol. The molecule has 12 heteroatoms. The summed E-state index contributed by atoms with van der Waals surface area (Å²) in [6.45, 7) is 9.01. The summed E-state index contributed by atoms with van der Waals surface area (Å²) in [5.41, 5.74) is 4.06. The predicted octanol–water partition coefficient (Wildman–Crippen LogP) is 6.34. The van der Waals surface area contributed by atoms with E-state index in [1.165, 1.54) is 25.3 Å². The average Bonchev–Trinajstić information content (AvgIpc) is 3.60. The number of nitrogens with zero attached hydrogens (tertiary/aromatic N) is 7. The van der Waals surface area contributed by atoms with Gasteiger partial charge in [0.25, 0.3) is 0 Å². The van der Waals surface area contributed by atoms with Gasteiger partial charge in [0.05, 0.1) is 28.6 Å². The number of amides is 2. The summed E-state index contributed by atoms with van der Waals surface area (Å²) >= 11 is 0. The number of rotatable bonds is 6. The maximum absolute atomic E-state index is 14.8. The number of fused-ring (bicyclic) bond motifs is 3. The highest BCUT2D eigenvalue weighted by Crippen LogP contribution is 2.52. The number of imidazole rings is 1. The van der Waals surface area contributed by atoms with Gasteiger partial charge in [-0.25, -0.2) is 9.97 Å². The number of carbonyl (C=O) groups is 2. The zero-order chi connectivity index (χ0) is 34.0. The number of likely N-dealkylation sites (tertiary alicyclic amines) is 2. The van der Waals surface area contributed by atoms with Crippen molar-refractivity contribution in [2.75, 3.05) is 36.4 Å². The van der Waals surface area contributed by atoms with Crippen LogP contribution in [0.3, 0.4) is 0 Å². The van der Waals surface area contributed by atoms with Gasteiger partial charge >= 0.3 is 0 Å². The van der Waals surface area contributed by atoms with Crippen LogP contribution < -0.4 is 10.2 Å². The Morgan fingerprint density at radius 2 is 1.71 bits per heavy atom. The standard InChI is InChI=1S/C37H42F2N8O2/c1-22(2)46-21-40-30-20-29(42-35(33(30)46)41-28-9-10-32(38)43-34(28)39)24-7-8-27-31(17-24)47(26-18-25(19-26)45-13-5-4-6-14-45)36(49)37(27)11-15-44(16-12-37)23(3)48/h7-10,17,20-22,25-26H,4-6,11-16,18-19H2,1-3H3,(H,41,42). The molecule has 1 spiro atoms. The smallest absolute Gasteiger partial charge is 0.239 e. The SMILES string of the molecule is CC(=O)N1CCC2(CC1)C(=O)N(C1CC(N3CCCCC3)C1)c1cc(-c3cc4ncn(C(C)C)c4c(Nc4ccc(F)nc4F)n3)ccc12. The topological polar surface area (TPSA) is 99.5 Å². The third-order valence-electron chi connectivity index (χ3n) is 11.3. The van der Waals surface area contributed by atoms with Gasteiger partial charge in [-0.2, -0.15) is 13.8 Å². The van der Waals surface area contributed by atoms with Crippen molar-refractivity contribution in [3.8, 4) is 11.3 Å². The van der Waals surface area contributed by atoms with Gasteiger partial charge in [-0.1, -0.05) is 18.6 Å². The van der Waals surface area contributed by atoms with Gasteiger partial charge in [-0.05, 0) is 95.3 Å². The molecule has 1 aliphatic carbocycles.